The zero-order valence-electron chi connectivity index (χ0n) is 13.1. The van der Waals surface area contributed by atoms with Crippen molar-refractivity contribution in [3.8, 4) is 0 Å². The number of para-hydroxylation sites is 2. The quantitative estimate of drug-likeness (QED) is 0.607. The Labute approximate surface area is 143 Å². The number of benzene rings is 2. The number of aromatic nitrogens is 2. The minimum Gasteiger partial charge on any atom is -0.302 e. The smallest absolute Gasteiger partial charge is 0.230 e. The van der Waals surface area contributed by atoms with Gasteiger partial charge in [0.1, 0.15) is 0 Å². The fourth-order valence-corrected chi connectivity index (χ4v) is 3.75. The molecule has 2 aromatic heterocycles. The second-order valence-corrected chi connectivity index (χ2v) is 6.69. The minimum atomic E-state index is -0.0788. The van der Waals surface area contributed by atoms with Gasteiger partial charge in [-0.2, -0.15) is 0 Å². The molecule has 0 aliphatic rings. The van der Waals surface area contributed by atoms with Crippen molar-refractivity contribution in [2.24, 2.45) is 0 Å². The van der Waals surface area contributed by atoms with Crippen LogP contribution in [0.3, 0.4) is 0 Å². The average molecular weight is 333 g/mol. The van der Waals surface area contributed by atoms with E-state index in [0.717, 1.165) is 32.2 Å². The number of hydrogen-bond donors (Lipinski definition) is 1. The largest absolute Gasteiger partial charge is 0.302 e. The van der Waals surface area contributed by atoms with E-state index in [2.05, 4.69) is 15.3 Å². The van der Waals surface area contributed by atoms with Crippen LogP contribution in [0.5, 0.6) is 0 Å². The summed E-state index contributed by atoms with van der Waals surface area (Å²) in [5.41, 5.74) is 3.85. The van der Waals surface area contributed by atoms with Gasteiger partial charge in [0.25, 0.3) is 0 Å². The fraction of sp³-hybridized carbons (Fsp3) is 0.105. The van der Waals surface area contributed by atoms with Crippen LogP contribution in [0.4, 0.5) is 5.13 Å². The number of pyridine rings is 1. The first kappa shape index (κ1) is 14.8. The highest BCUT2D eigenvalue weighted by molar-refractivity contribution is 7.22. The summed E-state index contributed by atoms with van der Waals surface area (Å²) in [6.45, 7) is 2.02. The van der Waals surface area contributed by atoms with Crippen LogP contribution in [0.15, 0.2) is 54.7 Å². The van der Waals surface area contributed by atoms with Crippen molar-refractivity contribution >= 4 is 43.5 Å². The van der Waals surface area contributed by atoms with Crippen LogP contribution in [0.1, 0.15) is 11.1 Å². The number of carbonyl (C=O) groups is 1. The second-order valence-electron chi connectivity index (χ2n) is 5.66. The first-order chi connectivity index (χ1) is 11.7. The molecule has 1 amide bonds. The molecule has 0 aliphatic heterocycles. The van der Waals surface area contributed by atoms with Crippen LogP contribution in [0, 0.1) is 6.92 Å². The molecule has 0 bridgehead atoms. The zero-order chi connectivity index (χ0) is 16.5. The summed E-state index contributed by atoms with van der Waals surface area (Å²) in [6, 6.07) is 15.8. The van der Waals surface area contributed by atoms with E-state index in [1.54, 1.807) is 6.20 Å². The Balaban J connectivity index is 1.58. The van der Waals surface area contributed by atoms with E-state index >= 15 is 0 Å². The molecular weight excluding hydrogens is 318 g/mol. The summed E-state index contributed by atoms with van der Waals surface area (Å²) < 4.78 is 1.08. The number of carbonyl (C=O) groups excluding carboxylic acids is 1. The van der Waals surface area contributed by atoms with Crippen molar-refractivity contribution in [1.82, 2.24) is 9.97 Å². The van der Waals surface area contributed by atoms with Gasteiger partial charge < -0.3 is 5.32 Å². The molecule has 0 spiro atoms. The Kier molecular flexibility index (Phi) is 3.70. The van der Waals surface area contributed by atoms with Gasteiger partial charge in [-0.15, -0.1) is 0 Å². The third kappa shape index (κ3) is 2.74. The lowest BCUT2D eigenvalue weighted by Gasteiger charge is -2.05. The first-order valence-corrected chi connectivity index (χ1v) is 8.51. The lowest BCUT2D eigenvalue weighted by Crippen LogP contribution is -2.14. The molecular formula is C19H15N3OS. The van der Waals surface area contributed by atoms with Gasteiger partial charge in [-0.3, -0.25) is 9.78 Å². The summed E-state index contributed by atoms with van der Waals surface area (Å²) in [4.78, 5) is 21.3. The monoisotopic (exact) mass is 333 g/mol. The number of thiazole rings is 1. The predicted molar refractivity (Wildman–Crippen MR) is 98.4 cm³/mol. The number of anilines is 1. The van der Waals surface area contributed by atoms with Crippen LogP contribution >= 0.6 is 11.3 Å². The summed E-state index contributed by atoms with van der Waals surface area (Å²) >= 11 is 1.50. The van der Waals surface area contributed by atoms with E-state index in [1.165, 1.54) is 11.3 Å². The molecule has 0 saturated heterocycles. The van der Waals surface area contributed by atoms with E-state index in [1.807, 2.05) is 55.5 Å². The standard InChI is InChI=1S/C19H15N3OS/c1-12-5-2-9-15-17(12)22-19(24-15)21-16(23)11-14-7-3-6-13-8-4-10-20-18(13)14/h2-10H,11H2,1H3,(H,21,22,23). The van der Waals surface area contributed by atoms with Gasteiger partial charge in [-0.1, -0.05) is 47.7 Å². The van der Waals surface area contributed by atoms with Crippen LogP contribution in [-0.4, -0.2) is 15.9 Å². The molecule has 0 fully saturated rings. The van der Waals surface area contributed by atoms with Gasteiger partial charge in [0.2, 0.25) is 5.91 Å². The zero-order valence-corrected chi connectivity index (χ0v) is 13.9. The Morgan fingerprint density at radius 3 is 2.79 bits per heavy atom. The average Bonchev–Trinajstić information content (AvgIpc) is 2.99. The highest BCUT2D eigenvalue weighted by Crippen LogP contribution is 2.28. The Morgan fingerprint density at radius 1 is 1.08 bits per heavy atom. The van der Waals surface area contributed by atoms with Crippen LogP contribution in [0.25, 0.3) is 21.1 Å². The topological polar surface area (TPSA) is 54.9 Å². The third-order valence-corrected chi connectivity index (χ3v) is 4.87. The molecule has 2 aromatic carbocycles. The number of amides is 1. The van der Waals surface area contributed by atoms with Crippen LogP contribution in [0.2, 0.25) is 0 Å². The lowest BCUT2D eigenvalue weighted by molar-refractivity contribution is -0.115. The summed E-state index contributed by atoms with van der Waals surface area (Å²) in [6.07, 6.45) is 2.03. The Hall–Kier alpha value is -2.79. The molecule has 24 heavy (non-hydrogen) atoms. The van der Waals surface area contributed by atoms with Crippen LogP contribution < -0.4 is 5.32 Å². The summed E-state index contributed by atoms with van der Waals surface area (Å²) in [5, 5.41) is 4.59. The molecule has 4 aromatic rings. The van der Waals surface area contributed by atoms with E-state index in [9.17, 15) is 4.79 Å². The van der Waals surface area contributed by atoms with Crippen molar-refractivity contribution in [2.45, 2.75) is 13.3 Å². The van der Waals surface area contributed by atoms with Crippen LogP contribution in [-0.2, 0) is 11.2 Å². The molecule has 5 heteroatoms. The molecule has 0 atom stereocenters. The van der Waals surface area contributed by atoms with Crippen molar-refractivity contribution in [3.05, 3.63) is 65.9 Å². The van der Waals surface area contributed by atoms with Gasteiger partial charge in [-0.05, 0) is 30.2 Å². The SMILES string of the molecule is Cc1cccc2sc(NC(=O)Cc3cccc4cccnc34)nc12. The molecule has 1 N–H and O–H groups in total. The van der Waals surface area contributed by atoms with E-state index in [-0.39, 0.29) is 12.3 Å². The van der Waals surface area contributed by atoms with E-state index in [0.29, 0.717) is 5.13 Å². The number of fused-ring (bicyclic) bond motifs is 2. The highest BCUT2D eigenvalue weighted by atomic mass is 32.1. The number of rotatable bonds is 3. The maximum atomic E-state index is 12.4. The maximum Gasteiger partial charge on any atom is 0.230 e. The molecule has 0 unspecified atom stereocenters. The Morgan fingerprint density at radius 2 is 1.92 bits per heavy atom. The molecule has 118 valence electrons. The fourth-order valence-electron chi connectivity index (χ4n) is 2.79. The maximum absolute atomic E-state index is 12.4. The lowest BCUT2D eigenvalue weighted by atomic mass is 10.1. The van der Waals surface area contributed by atoms with Gasteiger partial charge >= 0.3 is 0 Å². The second kappa shape index (κ2) is 6.02. The molecule has 0 radical (unpaired) electrons. The molecule has 4 rings (SSSR count). The summed E-state index contributed by atoms with van der Waals surface area (Å²) in [5.74, 6) is -0.0788. The number of hydrogen-bond acceptors (Lipinski definition) is 4. The normalized spacial score (nSPS) is 11.0. The van der Waals surface area contributed by atoms with Gasteiger partial charge in [0.15, 0.2) is 5.13 Å². The first-order valence-electron chi connectivity index (χ1n) is 7.69. The van der Waals surface area contributed by atoms with E-state index < -0.39 is 0 Å². The Bertz CT molecular complexity index is 1050. The molecule has 4 nitrogen and oxygen atoms in total. The predicted octanol–water partition coefficient (Wildman–Crippen LogP) is 4.33. The van der Waals surface area contributed by atoms with Gasteiger partial charge in [0, 0.05) is 11.6 Å². The molecule has 0 aliphatic carbocycles. The van der Waals surface area contributed by atoms with E-state index in [4.69, 9.17) is 0 Å². The highest BCUT2D eigenvalue weighted by Gasteiger charge is 2.11. The van der Waals surface area contributed by atoms with Crippen molar-refractivity contribution < 1.29 is 4.79 Å². The third-order valence-electron chi connectivity index (χ3n) is 3.93. The van der Waals surface area contributed by atoms with Crippen molar-refractivity contribution in [1.29, 1.82) is 0 Å². The minimum absolute atomic E-state index is 0.0788. The summed E-state index contributed by atoms with van der Waals surface area (Å²) in [7, 11) is 0. The van der Waals surface area contributed by atoms with Crippen molar-refractivity contribution in [2.75, 3.05) is 5.32 Å². The van der Waals surface area contributed by atoms with Gasteiger partial charge in [0.05, 0.1) is 22.2 Å². The number of nitrogens with zero attached hydrogens (tertiary/aromatic N) is 2. The van der Waals surface area contributed by atoms with Crippen molar-refractivity contribution in [3.63, 3.8) is 0 Å². The molecule has 0 saturated carbocycles. The number of aryl methyl sites for hydroxylation is 1. The number of nitrogens with one attached hydrogen (secondary N) is 1. The van der Waals surface area contributed by atoms with Gasteiger partial charge in [-0.25, -0.2) is 4.98 Å². The molecule has 2 heterocycles.